The average Bonchev–Trinajstić information content (AvgIpc) is 3.04. The number of carbonyl (C=O) groups excluding carboxylic acids is 1. The number of urea groups is 1. The molecule has 5 nitrogen and oxygen atoms in total. The molecule has 0 aliphatic carbocycles. The Labute approximate surface area is 147 Å². The largest absolute Gasteiger partial charge is 0.388 e. The predicted octanol–water partition coefficient (Wildman–Crippen LogP) is 3.58. The maximum atomic E-state index is 12.1. The van der Waals surface area contributed by atoms with E-state index in [1.54, 1.807) is 11.3 Å². The minimum Gasteiger partial charge on any atom is -0.388 e. The van der Waals surface area contributed by atoms with Crippen molar-refractivity contribution in [2.24, 2.45) is 0 Å². The van der Waals surface area contributed by atoms with Gasteiger partial charge in [0.25, 0.3) is 0 Å². The number of aromatic nitrogens is 1. The fraction of sp³-hybridized carbons (Fsp3) is 0.444. The standard InChI is InChI=1S/C18H25N3O2S/c1-4-17-21-15(11-24-17)13(3)20-18(23)19-12(2)10-16(22)14-8-6-5-7-9-14/h5-9,11-13,16,22H,4,10H2,1-3H3,(H2,19,20,23). The van der Waals surface area contributed by atoms with Crippen LogP contribution in [0, 0.1) is 0 Å². The molecule has 1 aromatic heterocycles. The van der Waals surface area contributed by atoms with Gasteiger partial charge in [0.15, 0.2) is 0 Å². The Morgan fingerprint density at radius 1 is 1.25 bits per heavy atom. The lowest BCUT2D eigenvalue weighted by atomic mass is 10.0. The Hall–Kier alpha value is -1.92. The van der Waals surface area contributed by atoms with Crippen molar-refractivity contribution in [2.75, 3.05) is 0 Å². The number of aryl methyl sites for hydroxylation is 1. The molecule has 3 unspecified atom stereocenters. The summed E-state index contributed by atoms with van der Waals surface area (Å²) in [6.07, 6.45) is 0.769. The van der Waals surface area contributed by atoms with Crippen LogP contribution in [0.25, 0.3) is 0 Å². The smallest absolute Gasteiger partial charge is 0.315 e. The number of nitrogens with one attached hydrogen (secondary N) is 2. The number of thiazole rings is 1. The predicted molar refractivity (Wildman–Crippen MR) is 97.1 cm³/mol. The molecule has 2 aromatic rings. The fourth-order valence-electron chi connectivity index (χ4n) is 2.43. The summed E-state index contributed by atoms with van der Waals surface area (Å²) in [5, 5.41) is 19.0. The molecule has 0 aliphatic rings. The number of aliphatic hydroxyl groups is 1. The topological polar surface area (TPSA) is 74.2 Å². The monoisotopic (exact) mass is 347 g/mol. The Morgan fingerprint density at radius 2 is 1.96 bits per heavy atom. The molecule has 0 saturated heterocycles. The van der Waals surface area contributed by atoms with E-state index in [0.717, 1.165) is 22.7 Å². The molecule has 130 valence electrons. The van der Waals surface area contributed by atoms with Gasteiger partial charge in [-0.1, -0.05) is 37.3 Å². The van der Waals surface area contributed by atoms with Crippen LogP contribution in [0.4, 0.5) is 4.79 Å². The molecule has 0 bridgehead atoms. The van der Waals surface area contributed by atoms with Crippen molar-refractivity contribution < 1.29 is 9.90 Å². The van der Waals surface area contributed by atoms with Crippen molar-refractivity contribution in [1.82, 2.24) is 15.6 Å². The van der Waals surface area contributed by atoms with Crippen LogP contribution < -0.4 is 10.6 Å². The zero-order valence-electron chi connectivity index (χ0n) is 14.3. The van der Waals surface area contributed by atoms with Crippen LogP contribution in [0.3, 0.4) is 0 Å². The quantitative estimate of drug-likeness (QED) is 0.717. The highest BCUT2D eigenvalue weighted by Crippen LogP contribution is 2.18. The first-order valence-electron chi connectivity index (χ1n) is 8.24. The number of nitrogens with zero attached hydrogens (tertiary/aromatic N) is 1. The van der Waals surface area contributed by atoms with E-state index < -0.39 is 6.10 Å². The normalized spacial score (nSPS) is 14.7. The second kappa shape index (κ2) is 8.80. The van der Waals surface area contributed by atoms with Gasteiger partial charge in [0.2, 0.25) is 0 Å². The van der Waals surface area contributed by atoms with E-state index in [9.17, 15) is 9.90 Å². The number of carbonyl (C=O) groups is 1. The molecule has 1 heterocycles. The molecule has 2 amide bonds. The first-order valence-corrected chi connectivity index (χ1v) is 9.11. The summed E-state index contributed by atoms with van der Waals surface area (Å²) < 4.78 is 0. The number of aliphatic hydroxyl groups excluding tert-OH is 1. The van der Waals surface area contributed by atoms with Gasteiger partial charge in [0.1, 0.15) is 0 Å². The summed E-state index contributed by atoms with van der Waals surface area (Å²) in [7, 11) is 0. The molecule has 3 atom stereocenters. The van der Waals surface area contributed by atoms with Crippen LogP contribution in [0.1, 0.15) is 55.6 Å². The highest BCUT2D eigenvalue weighted by atomic mass is 32.1. The maximum Gasteiger partial charge on any atom is 0.315 e. The molecule has 6 heteroatoms. The van der Waals surface area contributed by atoms with Crippen LogP contribution in [-0.2, 0) is 6.42 Å². The molecular formula is C18H25N3O2S. The van der Waals surface area contributed by atoms with Crippen LogP contribution in [0.2, 0.25) is 0 Å². The summed E-state index contributed by atoms with van der Waals surface area (Å²) >= 11 is 1.61. The summed E-state index contributed by atoms with van der Waals surface area (Å²) in [4.78, 5) is 16.6. The lowest BCUT2D eigenvalue weighted by molar-refractivity contribution is 0.154. The Morgan fingerprint density at radius 3 is 2.58 bits per heavy atom. The van der Waals surface area contributed by atoms with Gasteiger partial charge in [-0.25, -0.2) is 9.78 Å². The van der Waals surface area contributed by atoms with E-state index in [-0.39, 0.29) is 18.1 Å². The zero-order valence-corrected chi connectivity index (χ0v) is 15.1. The lowest BCUT2D eigenvalue weighted by Crippen LogP contribution is -2.42. The Bertz CT molecular complexity index is 645. The molecule has 3 N–H and O–H groups in total. The van der Waals surface area contributed by atoms with Crippen molar-refractivity contribution in [3.63, 3.8) is 0 Å². The average molecular weight is 347 g/mol. The van der Waals surface area contributed by atoms with E-state index in [1.807, 2.05) is 49.6 Å². The summed E-state index contributed by atoms with van der Waals surface area (Å²) in [6, 6.07) is 8.92. The van der Waals surface area contributed by atoms with Crippen LogP contribution >= 0.6 is 11.3 Å². The Balaban J connectivity index is 1.80. The minimum atomic E-state index is -0.593. The summed E-state index contributed by atoms with van der Waals surface area (Å²) in [6.45, 7) is 5.86. The van der Waals surface area contributed by atoms with E-state index in [2.05, 4.69) is 22.5 Å². The summed E-state index contributed by atoms with van der Waals surface area (Å²) in [5.74, 6) is 0. The van der Waals surface area contributed by atoms with E-state index in [0.29, 0.717) is 6.42 Å². The van der Waals surface area contributed by atoms with E-state index in [1.165, 1.54) is 0 Å². The minimum absolute atomic E-state index is 0.144. The molecule has 24 heavy (non-hydrogen) atoms. The zero-order chi connectivity index (χ0) is 17.5. The van der Waals surface area contributed by atoms with Crippen molar-refractivity contribution in [3.8, 4) is 0 Å². The number of hydrogen-bond acceptors (Lipinski definition) is 4. The third-order valence-electron chi connectivity index (χ3n) is 3.80. The second-order valence-corrected chi connectivity index (χ2v) is 6.87. The van der Waals surface area contributed by atoms with E-state index >= 15 is 0 Å². The molecular weight excluding hydrogens is 322 g/mol. The molecule has 1 aromatic carbocycles. The van der Waals surface area contributed by atoms with Crippen molar-refractivity contribution in [1.29, 1.82) is 0 Å². The number of rotatable bonds is 7. The first kappa shape index (κ1) is 18.4. The van der Waals surface area contributed by atoms with Crippen LogP contribution in [-0.4, -0.2) is 22.2 Å². The van der Waals surface area contributed by atoms with E-state index in [4.69, 9.17) is 0 Å². The van der Waals surface area contributed by atoms with Gasteiger partial charge in [0, 0.05) is 11.4 Å². The molecule has 0 radical (unpaired) electrons. The molecule has 0 fully saturated rings. The Kier molecular flexibility index (Phi) is 6.75. The van der Waals surface area contributed by atoms with Gasteiger partial charge < -0.3 is 15.7 Å². The van der Waals surface area contributed by atoms with Gasteiger partial charge >= 0.3 is 6.03 Å². The maximum absolute atomic E-state index is 12.1. The molecule has 0 aliphatic heterocycles. The van der Waals surface area contributed by atoms with Crippen molar-refractivity contribution in [2.45, 2.75) is 51.8 Å². The third-order valence-corrected chi connectivity index (χ3v) is 4.81. The van der Waals surface area contributed by atoms with Crippen molar-refractivity contribution in [3.05, 3.63) is 52.0 Å². The third kappa shape index (κ3) is 5.32. The highest BCUT2D eigenvalue weighted by molar-refractivity contribution is 7.09. The SMILES string of the molecule is CCc1nc(C(C)NC(=O)NC(C)CC(O)c2ccccc2)cs1. The highest BCUT2D eigenvalue weighted by Gasteiger charge is 2.17. The number of hydrogen-bond donors (Lipinski definition) is 3. The van der Waals surface area contributed by atoms with Gasteiger partial charge in [0.05, 0.1) is 22.8 Å². The molecule has 2 rings (SSSR count). The van der Waals surface area contributed by atoms with Crippen molar-refractivity contribution >= 4 is 17.4 Å². The fourth-order valence-corrected chi connectivity index (χ4v) is 3.27. The number of benzene rings is 1. The molecule has 0 spiro atoms. The van der Waals surface area contributed by atoms with Gasteiger partial charge in [-0.15, -0.1) is 11.3 Å². The van der Waals surface area contributed by atoms with Crippen LogP contribution in [0.5, 0.6) is 0 Å². The first-order chi connectivity index (χ1) is 11.5. The summed E-state index contributed by atoms with van der Waals surface area (Å²) in [5.41, 5.74) is 1.73. The number of amides is 2. The van der Waals surface area contributed by atoms with Gasteiger partial charge in [-0.2, -0.15) is 0 Å². The lowest BCUT2D eigenvalue weighted by Gasteiger charge is -2.20. The van der Waals surface area contributed by atoms with Gasteiger partial charge in [-0.05, 0) is 32.3 Å². The molecule has 0 saturated carbocycles. The van der Waals surface area contributed by atoms with Gasteiger partial charge in [-0.3, -0.25) is 0 Å². The second-order valence-electron chi connectivity index (χ2n) is 5.92. The van der Waals surface area contributed by atoms with Crippen LogP contribution in [0.15, 0.2) is 35.7 Å².